The molecule has 0 amide bonds. The first-order valence-electron chi connectivity index (χ1n) is 6.49. The maximum atomic E-state index is 10.0. The van der Waals surface area contributed by atoms with Crippen LogP contribution in [0.5, 0.6) is 0 Å². The van der Waals surface area contributed by atoms with E-state index in [4.69, 9.17) is 4.74 Å². The van der Waals surface area contributed by atoms with Gasteiger partial charge in [-0.2, -0.15) is 0 Å². The molecule has 17 heavy (non-hydrogen) atoms. The van der Waals surface area contributed by atoms with Gasteiger partial charge in [-0.1, -0.05) is 6.07 Å². The molecule has 1 saturated heterocycles. The maximum Gasteiger partial charge on any atom is 0.0959 e. The molecule has 1 aromatic rings. The summed E-state index contributed by atoms with van der Waals surface area (Å²) >= 11 is 0. The summed E-state index contributed by atoms with van der Waals surface area (Å²) in [5, 5.41) is 10.0. The lowest BCUT2D eigenvalue weighted by atomic mass is 10.0. The first kappa shape index (κ1) is 12.5. The first-order chi connectivity index (χ1) is 8.25. The third-order valence-corrected chi connectivity index (χ3v) is 3.28. The van der Waals surface area contributed by atoms with Crippen molar-refractivity contribution in [2.24, 2.45) is 0 Å². The van der Waals surface area contributed by atoms with Gasteiger partial charge >= 0.3 is 0 Å². The SMILES string of the molecule is Cc1cccc(C(O)CCCC2CCCO2)n1. The van der Waals surface area contributed by atoms with Gasteiger partial charge in [-0.15, -0.1) is 0 Å². The molecule has 94 valence electrons. The van der Waals surface area contributed by atoms with E-state index in [1.54, 1.807) is 0 Å². The van der Waals surface area contributed by atoms with Crippen LogP contribution in [-0.4, -0.2) is 22.8 Å². The van der Waals surface area contributed by atoms with E-state index in [2.05, 4.69) is 4.98 Å². The minimum absolute atomic E-state index is 0.424. The van der Waals surface area contributed by atoms with Crippen LogP contribution in [0, 0.1) is 6.92 Å². The van der Waals surface area contributed by atoms with Crippen molar-refractivity contribution in [3.63, 3.8) is 0 Å². The van der Waals surface area contributed by atoms with Crippen LogP contribution in [0.3, 0.4) is 0 Å². The Balaban J connectivity index is 1.74. The topological polar surface area (TPSA) is 42.4 Å². The Hall–Kier alpha value is -0.930. The van der Waals surface area contributed by atoms with Crippen LogP contribution in [0.4, 0.5) is 0 Å². The van der Waals surface area contributed by atoms with Crippen LogP contribution in [0.2, 0.25) is 0 Å². The summed E-state index contributed by atoms with van der Waals surface area (Å²) in [6.45, 7) is 2.86. The van der Waals surface area contributed by atoms with Crippen molar-refractivity contribution in [2.75, 3.05) is 6.61 Å². The molecular weight excluding hydrogens is 214 g/mol. The van der Waals surface area contributed by atoms with Crippen molar-refractivity contribution in [2.45, 2.75) is 51.2 Å². The molecule has 1 aliphatic heterocycles. The molecule has 1 aromatic heterocycles. The summed E-state index contributed by atoms with van der Waals surface area (Å²) in [7, 11) is 0. The number of hydrogen-bond donors (Lipinski definition) is 1. The number of ether oxygens (including phenoxy) is 1. The second-order valence-electron chi connectivity index (χ2n) is 4.79. The van der Waals surface area contributed by atoms with Crippen molar-refractivity contribution in [1.29, 1.82) is 0 Å². The highest BCUT2D eigenvalue weighted by Crippen LogP contribution is 2.22. The van der Waals surface area contributed by atoms with Gasteiger partial charge in [0.2, 0.25) is 0 Å². The van der Waals surface area contributed by atoms with E-state index in [0.29, 0.717) is 6.10 Å². The number of aliphatic hydroxyl groups is 1. The average molecular weight is 235 g/mol. The van der Waals surface area contributed by atoms with Gasteiger partial charge in [-0.25, -0.2) is 0 Å². The zero-order valence-corrected chi connectivity index (χ0v) is 10.4. The van der Waals surface area contributed by atoms with Gasteiger partial charge < -0.3 is 9.84 Å². The lowest BCUT2D eigenvalue weighted by Crippen LogP contribution is -2.07. The number of pyridine rings is 1. The Morgan fingerprint density at radius 3 is 3.12 bits per heavy atom. The van der Waals surface area contributed by atoms with E-state index in [9.17, 15) is 5.11 Å². The predicted octanol–water partition coefficient (Wildman–Crippen LogP) is 2.77. The monoisotopic (exact) mass is 235 g/mol. The minimum atomic E-state index is -0.434. The Morgan fingerprint density at radius 2 is 2.41 bits per heavy atom. The third kappa shape index (κ3) is 3.79. The Bertz CT molecular complexity index is 348. The molecule has 3 heteroatoms. The lowest BCUT2D eigenvalue weighted by Gasteiger charge is -2.12. The van der Waals surface area contributed by atoms with E-state index in [1.165, 1.54) is 12.8 Å². The zero-order valence-electron chi connectivity index (χ0n) is 10.4. The lowest BCUT2D eigenvalue weighted by molar-refractivity contribution is 0.0939. The maximum absolute atomic E-state index is 10.0. The summed E-state index contributed by atoms with van der Waals surface area (Å²) < 4.78 is 5.56. The smallest absolute Gasteiger partial charge is 0.0959 e. The highest BCUT2D eigenvalue weighted by molar-refractivity contribution is 5.11. The summed E-state index contributed by atoms with van der Waals surface area (Å²) in [6, 6.07) is 5.79. The van der Waals surface area contributed by atoms with Crippen LogP contribution < -0.4 is 0 Å². The van der Waals surface area contributed by atoms with Crippen molar-refractivity contribution in [3.05, 3.63) is 29.6 Å². The highest BCUT2D eigenvalue weighted by atomic mass is 16.5. The van der Waals surface area contributed by atoms with E-state index < -0.39 is 6.10 Å². The Morgan fingerprint density at radius 1 is 1.53 bits per heavy atom. The molecule has 0 spiro atoms. The van der Waals surface area contributed by atoms with Crippen LogP contribution in [0.15, 0.2) is 18.2 Å². The number of aryl methyl sites for hydroxylation is 1. The van der Waals surface area contributed by atoms with Crippen molar-refractivity contribution in [1.82, 2.24) is 4.98 Å². The average Bonchev–Trinajstić information content (AvgIpc) is 2.82. The molecule has 0 bridgehead atoms. The van der Waals surface area contributed by atoms with Gasteiger partial charge in [-0.3, -0.25) is 4.98 Å². The molecule has 2 rings (SSSR count). The van der Waals surface area contributed by atoms with Crippen molar-refractivity contribution < 1.29 is 9.84 Å². The quantitative estimate of drug-likeness (QED) is 0.853. The van der Waals surface area contributed by atoms with E-state index >= 15 is 0 Å². The largest absolute Gasteiger partial charge is 0.387 e. The van der Waals surface area contributed by atoms with Gasteiger partial charge in [0.15, 0.2) is 0 Å². The number of hydrogen-bond acceptors (Lipinski definition) is 3. The Labute approximate surface area is 103 Å². The number of aromatic nitrogens is 1. The van der Waals surface area contributed by atoms with E-state index in [1.807, 2.05) is 25.1 Å². The van der Waals surface area contributed by atoms with Crippen LogP contribution in [-0.2, 0) is 4.74 Å². The second kappa shape index (κ2) is 6.12. The van der Waals surface area contributed by atoms with Crippen LogP contribution >= 0.6 is 0 Å². The summed E-state index contributed by atoms with van der Waals surface area (Å²) in [6.07, 6.45) is 5.19. The molecule has 1 aliphatic rings. The fourth-order valence-corrected chi connectivity index (χ4v) is 2.31. The molecule has 1 N–H and O–H groups in total. The zero-order chi connectivity index (χ0) is 12.1. The Kier molecular flexibility index (Phi) is 4.51. The molecule has 0 aromatic carbocycles. The molecule has 2 unspecified atom stereocenters. The van der Waals surface area contributed by atoms with Gasteiger partial charge in [0.25, 0.3) is 0 Å². The molecule has 2 atom stereocenters. The fraction of sp³-hybridized carbons (Fsp3) is 0.643. The molecule has 0 aliphatic carbocycles. The van der Waals surface area contributed by atoms with Gasteiger partial charge in [0, 0.05) is 12.3 Å². The second-order valence-corrected chi connectivity index (χ2v) is 4.79. The predicted molar refractivity (Wildman–Crippen MR) is 66.8 cm³/mol. The van der Waals surface area contributed by atoms with Gasteiger partial charge in [-0.05, 0) is 51.2 Å². The number of aliphatic hydroxyl groups excluding tert-OH is 1. The minimum Gasteiger partial charge on any atom is -0.387 e. The van der Waals surface area contributed by atoms with Crippen molar-refractivity contribution in [3.8, 4) is 0 Å². The van der Waals surface area contributed by atoms with E-state index in [-0.39, 0.29) is 0 Å². The number of rotatable bonds is 5. The van der Waals surface area contributed by atoms with Gasteiger partial charge in [0.05, 0.1) is 17.9 Å². The molecule has 3 nitrogen and oxygen atoms in total. The van der Waals surface area contributed by atoms with Crippen LogP contribution in [0.25, 0.3) is 0 Å². The third-order valence-electron chi connectivity index (χ3n) is 3.28. The van der Waals surface area contributed by atoms with Gasteiger partial charge in [0.1, 0.15) is 0 Å². The van der Waals surface area contributed by atoms with E-state index in [0.717, 1.165) is 37.3 Å². The summed E-state index contributed by atoms with van der Waals surface area (Å²) in [5.41, 5.74) is 1.75. The molecular formula is C14H21NO2. The highest BCUT2D eigenvalue weighted by Gasteiger charge is 2.16. The molecule has 0 radical (unpaired) electrons. The first-order valence-corrected chi connectivity index (χ1v) is 6.49. The molecule has 0 saturated carbocycles. The fourth-order valence-electron chi connectivity index (χ4n) is 2.31. The normalized spacial score (nSPS) is 21.6. The summed E-state index contributed by atoms with van der Waals surface area (Å²) in [4.78, 5) is 4.34. The van der Waals surface area contributed by atoms with Crippen LogP contribution in [0.1, 0.15) is 49.6 Å². The molecule has 1 fully saturated rings. The molecule has 2 heterocycles. The number of nitrogens with zero attached hydrogens (tertiary/aromatic N) is 1. The van der Waals surface area contributed by atoms with Crippen molar-refractivity contribution >= 4 is 0 Å². The summed E-state index contributed by atoms with van der Waals surface area (Å²) in [5.74, 6) is 0. The standard InChI is InChI=1S/C14H21NO2/c1-11-5-2-8-13(15-11)14(16)9-3-6-12-7-4-10-17-12/h2,5,8,12,14,16H,3-4,6-7,9-10H2,1H3.